The zero-order valence-corrected chi connectivity index (χ0v) is 1.71. The second-order valence-electron chi connectivity index (χ2n) is 0.247. The molecule has 0 unspecified atom stereocenters. The molecule has 0 bridgehead atoms. The first-order valence-electron chi connectivity index (χ1n) is 0.655. The molecule has 0 atom stereocenters. The predicted octanol–water partition coefficient (Wildman–Crippen LogP) is -0.0364. The first-order chi connectivity index (χ1) is 1.73. The lowest BCUT2D eigenvalue weighted by Gasteiger charge is -1.55. The van der Waals surface area contributed by atoms with Crippen LogP contribution in [-0.4, -0.2) is 30.6 Å². The molecule has 0 heterocycles. The van der Waals surface area contributed by atoms with Crippen molar-refractivity contribution in [2.24, 2.45) is 0 Å². The molecule has 0 nitrogen and oxygen atoms in total. The summed E-state index contributed by atoms with van der Waals surface area (Å²) in [5, 5.41) is 0. The minimum Gasteiger partial charge on any atom is -0.254 e. The Bertz CT molecular complexity index is 11.6. The van der Waals surface area contributed by atoms with E-state index in [1.165, 1.54) is 0 Å². The van der Waals surface area contributed by atoms with Crippen LogP contribution in [0.15, 0.2) is 0 Å². The van der Waals surface area contributed by atoms with E-state index < -0.39 is 7.54 Å². The normalized spacial score (nSPS) is 5.40. The number of rotatable bonds is 0. The number of hydrogen-bond acceptors (Lipinski definition) is 0. The van der Waals surface area contributed by atoms with Crippen LogP contribution in [0.25, 0.3) is 0 Å². The van der Waals surface area contributed by atoms with Gasteiger partial charge in [-0.1, -0.05) is 0 Å². The van der Waals surface area contributed by atoms with Gasteiger partial charge in [0.1, 0.15) is 0 Å². The molecule has 0 fully saturated rings. The monoisotopic (exact) mass is 94.0 g/mol. The van der Waals surface area contributed by atoms with Gasteiger partial charge in [0.15, 0.2) is 0 Å². The van der Waals surface area contributed by atoms with Crippen LogP contribution in [0.5, 0.6) is 0 Å². The lowest BCUT2D eigenvalue weighted by atomic mass is 10.5. The first-order valence-corrected chi connectivity index (χ1v) is 0.655. The SMILES string of the molecule is FB(F)F.[MgH2]. The average molecular weight is 94.1 g/mol. The molecular weight excluding hydrogens is 92.1 g/mol. The van der Waals surface area contributed by atoms with Gasteiger partial charge in [0.05, 0.1) is 0 Å². The third-order valence-corrected chi connectivity index (χ3v) is 0. The highest BCUT2D eigenvalue weighted by atomic mass is 24.3. The Morgan fingerprint density at radius 1 is 1.00 bits per heavy atom. The highest BCUT2D eigenvalue weighted by Gasteiger charge is 2.06. The maximum atomic E-state index is 9.67. The van der Waals surface area contributed by atoms with Gasteiger partial charge in [0, 0.05) is 0 Å². The van der Waals surface area contributed by atoms with Crippen molar-refractivity contribution in [3.8, 4) is 0 Å². The Balaban J connectivity index is 0. The highest BCUT2D eigenvalue weighted by Crippen LogP contribution is 1.80. The van der Waals surface area contributed by atoms with Crippen LogP contribution in [0.3, 0.4) is 0 Å². The van der Waals surface area contributed by atoms with E-state index >= 15 is 0 Å². The minimum absolute atomic E-state index is 0. The predicted molar refractivity (Wildman–Crippen MR) is 17.6 cm³/mol. The van der Waals surface area contributed by atoms with E-state index in [2.05, 4.69) is 0 Å². The highest BCUT2D eigenvalue weighted by molar-refractivity contribution is 6.33. The Morgan fingerprint density at radius 3 is 1.00 bits per heavy atom. The van der Waals surface area contributed by atoms with Crippen molar-refractivity contribution in [3.05, 3.63) is 0 Å². The van der Waals surface area contributed by atoms with E-state index in [-0.39, 0.29) is 23.1 Å². The second kappa shape index (κ2) is 4.62. The lowest BCUT2D eigenvalue weighted by Crippen LogP contribution is -1.76. The zero-order valence-electron chi connectivity index (χ0n) is 1.71. The summed E-state index contributed by atoms with van der Waals surface area (Å²) >= 11 is 0. The molecule has 0 saturated carbocycles. The van der Waals surface area contributed by atoms with Crippen LogP contribution < -0.4 is 0 Å². The van der Waals surface area contributed by atoms with Crippen molar-refractivity contribution in [2.75, 3.05) is 0 Å². The quantitative estimate of drug-likeness (QED) is 0.370. The summed E-state index contributed by atoms with van der Waals surface area (Å²) < 4.78 is 29.0. The van der Waals surface area contributed by atoms with E-state index in [0.717, 1.165) is 0 Å². The molecule has 0 saturated heterocycles. The van der Waals surface area contributed by atoms with Crippen molar-refractivity contribution in [2.45, 2.75) is 0 Å². The molecule has 0 N–H and O–H groups in total. The minimum atomic E-state index is -3.67. The van der Waals surface area contributed by atoms with E-state index in [1.54, 1.807) is 0 Å². The molecule has 0 amide bonds. The summed E-state index contributed by atoms with van der Waals surface area (Å²) in [6.07, 6.45) is 0. The molecule has 0 spiro atoms. The third-order valence-electron chi connectivity index (χ3n) is 0. The molecule has 0 aromatic heterocycles. The molecule has 5 heavy (non-hydrogen) atoms. The average Bonchev–Trinajstić information content (AvgIpc) is 0.811. The molecule has 0 aliphatic rings. The van der Waals surface area contributed by atoms with Crippen LogP contribution in [-0.2, 0) is 0 Å². The molecule has 0 radical (unpaired) electrons. The van der Waals surface area contributed by atoms with E-state index in [9.17, 15) is 12.9 Å². The maximum absolute atomic E-state index is 9.67. The summed E-state index contributed by atoms with van der Waals surface area (Å²) in [7, 11) is -3.67. The molecule has 28 valence electrons. The van der Waals surface area contributed by atoms with E-state index in [0.29, 0.717) is 0 Å². The Labute approximate surface area is 44.1 Å². The maximum Gasteiger partial charge on any atom is 0.762 e. The van der Waals surface area contributed by atoms with E-state index in [4.69, 9.17) is 0 Å². The van der Waals surface area contributed by atoms with Gasteiger partial charge in [0.25, 0.3) is 0 Å². The smallest absolute Gasteiger partial charge is 0.254 e. The Morgan fingerprint density at radius 2 is 1.00 bits per heavy atom. The van der Waals surface area contributed by atoms with Crippen LogP contribution in [0.4, 0.5) is 12.9 Å². The van der Waals surface area contributed by atoms with Gasteiger partial charge < -0.3 is 0 Å². The summed E-state index contributed by atoms with van der Waals surface area (Å²) in [6, 6.07) is 0. The summed E-state index contributed by atoms with van der Waals surface area (Å²) in [5.74, 6) is 0. The fourth-order valence-corrected chi connectivity index (χ4v) is 0. The molecule has 5 heteroatoms. The van der Waals surface area contributed by atoms with Gasteiger partial charge in [-0.05, 0) is 0 Å². The van der Waals surface area contributed by atoms with Crippen LogP contribution >= 0.6 is 0 Å². The first kappa shape index (κ1) is 9.15. The van der Waals surface area contributed by atoms with E-state index in [1.807, 2.05) is 0 Å². The standard InChI is InChI=1S/BF3.Mg.2H/c2-1(3)4;;;. The fourth-order valence-electron chi connectivity index (χ4n) is 0. The van der Waals surface area contributed by atoms with Crippen LogP contribution in [0.2, 0.25) is 0 Å². The lowest BCUT2D eigenvalue weighted by molar-refractivity contribution is 0.535. The van der Waals surface area contributed by atoms with Gasteiger partial charge in [0.2, 0.25) is 0 Å². The van der Waals surface area contributed by atoms with Crippen molar-refractivity contribution in [1.29, 1.82) is 0 Å². The van der Waals surface area contributed by atoms with Crippen molar-refractivity contribution >= 4 is 30.6 Å². The summed E-state index contributed by atoms with van der Waals surface area (Å²) in [4.78, 5) is 0. The topological polar surface area (TPSA) is 0 Å². The van der Waals surface area contributed by atoms with Crippen LogP contribution in [0, 0.1) is 0 Å². The van der Waals surface area contributed by atoms with Gasteiger partial charge in [-0.2, -0.15) is 0 Å². The molecule has 0 aromatic rings. The Kier molecular flexibility index (Phi) is 8.46. The van der Waals surface area contributed by atoms with Crippen molar-refractivity contribution < 1.29 is 12.9 Å². The van der Waals surface area contributed by atoms with Gasteiger partial charge in [-0.3, -0.25) is 12.9 Å². The molecular formula is H2BF3Mg. The van der Waals surface area contributed by atoms with Crippen molar-refractivity contribution in [3.63, 3.8) is 0 Å². The van der Waals surface area contributed by atoms with Crippen LogP contribution in [0.1, 0.15) is 0 Å². The summed E-state index contributed by atoms with van der Waals surface area (Å²) in [5.41, 5.74) is 0. The fraction of sp³-hybridized carbons (Fsp3) is 0. The largest absolute Gasteiger partial charge is 0.762 e. The molecule has 0 rings (SSSR count). The molecule has 0 aliphatic heterocycles. The number of hydrogen-bond donors (Lipinski definition) is 0. The van der Waals surface area contributed by atoms with Gasteiger partial charge >= 0.3 is 30.6 Å². The molecule has 0 aromatic carbocycles. The molecule has 0 aliphatic carbocycles. The second-order valence-corrected chi connectivity index (χ2v) is 0.247. The zero-order chi connectivity index (χ0) is 3.58. The third kappa shape index (κ3) is 82.3. The Hall–Kier alpha value is 0.621. The van der Waals surface area contributed by atoms with Gasteiger partial charge in [-0.15, -0.1) is 0 Å². The number of halogens is 3. The van der Waals surface area contributed by atoms with Crippen molar-refractivity contribution in [1.82, 2.24) is 0 Å². The summed E-state index contributed by atoms with van der Waals surface area (Å²) in [6.45, 7) is 0. The van der Waals surface area contributed by atoms with Gasteiger partial charge in [-0.25, -0.2) is 0 Å².